The molecule has 0 aliphatic heterocycles. The number of ether oxygens (including phenoxy) is 1. The molecule has 4 fully saturated rings. The van der Waals surface area contributed by atoms with E-state index in [1.165, 1.54) is 0 Å². The lowest BCUT2D eigenvalue weighted by Gasteiger charge is -2.58. The number of Topliss-reactive ketones (excluding diaryl/α,β-unsaturated/α-hetero) is 3. The largest absolute Gasteiger partial charge is 0.466 e. The predicted octanol–water partition coefficient (Wildman–Crippen LogP) is 3.81. The van der Waals surface area contributed by atoms with Crippen LogP contribution >= 0.6 is 0 Å². The molecule has 1 N–H and O–H groups in total. The molecule has 0 spiro atoms. The molecule has 4 aliphatic rings. The summed E-state index contributed by atoms with van der Waals surface area (Å²) in [5, 5.41) is 0. The molecule has 0 bridgehead atoms. The molecule has 0 amide bonds. The Bertz CT molecular complexity index is 1030. The number of carbonyl (C=O) groups excluding carboxylic acids is 4. The van der Waals surface area contributed by atoms with Crippen LogP contribution in [0.15, 0.2) is 0 Å². The van der Waals surface area contributed by atoms with Crippen LogP contribution in [0.3, 0.4) is 0 Å². The molecule has 2 unspecified atom stereocenters. The third-order valence-corrected chi connectivity index (χ3v) is 11.3. The van der Waals surface area contributed by atoms with E-state index in [4.69, 9.17) is 9.29 Å². The Hall–Kier alpha value is -1.61. The molecular weight excluding hydrogens is 484 g/mol. The molecule has 36 heavy (non-hydrogen) atoms. The number of ketones is 3. The summed E-state index contributed by atoms with van der Waals surface area (Å²) in [7, 11) is -4.07. The zero-order valence-electron chi connectivity index (χ0n) is 21.7. The molecule has 8 atom stereocenters. The lowest BCUT2D eigenvalue weighted by Crippen LogP contribution is -2.60. The molecule has 9 heteroatoms. The quantitative estimate of drug-likeness (QED) is 0.288. The summed E-state index contributed by atoms with van der Waals surface area (Å²) >= 11 is 0. The number of rotatable bonds is 8. The SMILES string of the molecule is C[C@H](CCC(=O)OCCCS(=O)(=O)O)[C@H]1CC[C@H]2[C@@H]3C(=O)CC4CC(=O)CCC4(C)[C@H]3CC(=O)[C@]12C. The van der Waals surface area contributed by atoms with Gasteiger partial charge < -0.3 is 4.74 Å². The van der Waals surface area contributed by atoms with Crippen molar-refractivity contribution in [2.24, 2.45) is 46.3 Å². The minimum Gasteiger partial charge on any atom is -0.466 e. The van der Waals surface area contributed by atoms with E-state index in [0.717, 1.165) is 19.3 Å². The maximum Gasteiger partial charge on any atom is 0.305 e. The summed E-state index contributed by atoms with van der Waals surface area (Å²) in [6.07, 6.45) is 5.11. The van der Waals surface area contributed by atoms with Gasteiger partial charge in [-0.15, -0.1) is 0 Å². The van der Waals surface area contributed by atoms with Gasteiger partial charge in [-0.05, 0) is 67.1 Å². The smallest absolute Gasteiger partial charge is 0.305 e. The Morgan fingerprint density at radius 3 is 2.53 bits per heavy atom. The fourth-order valence-electron chi connectivity index (χ4n) is 8.44. The van der Waals surface area contributed by atoms with Crippen molar-refractivity contribution in [3.63, 3.8) is 0 Å². The van der Waals surface area contributed by atoms with Crippen LogP contribution in [-0.2, 0) is 34.0 Å². The molecule has 0 radical (unpaired) electrons. The summed E-state index contributed by atoms with van der Waals surface area (Å²) in [6, 6.07) is 0. The van der Waals surface area contributed by atoms with E-state index in [2.05, 4.69) is 13.8 Å². The fourth-order valence-corrected chi connectivity index (χ4v) is 8.92. The summed E-state index contributed by atoms with van der Waals surface area (Å²) in [6.45, 7) is 6.26. The highest BCUT2D eigenvalue weighted by Gasteiger charge is 2.66. The second-order valence-corrected chi connectivity index (χ2v) is 13.9. The van der Waals surface area contributed by atoms with Crippen LogP contribution < -0.4 is 0 Å². The van der Waals surface area contributed by atoms with Crippen molar-refractivity contribution in [2.45, 2.75) is 85.0 Å². The van der Waals surface area contributed by atoms with Crippen molar-refractivity contribution in [1.82, 2.24) is 0 Å². The first kappa shape index (κ1) is 27.4. The zero-order chi connectivity index (χ0) is 26.5. The Morgan fingerprint density at radius 2 is 1.83 bits per heavy atom. The van der Waals surface area contributed by atoms with Gasteiger partial charge in [0.15, 0.2) is 0 Å². The monoisotopic (exact) mass is 524 g/mol. The average molecular weight is 525 g/mol. The molecule has 8 nitrogen and oxygen atoms in total. The minimum absolute atomic E-state index is 0.0199. The topological polar surface area (TPSA) is 132 Å². The third kappa shape index (κ3) is 4.94. The van der Waals surface area contributed by atoms with Gasteiger partial charge in [-0.2, -0.15) is 8.42 Å². The van der Waals surface area contributed by atoms with E-state index in [9.17, 15) is 27.6 Å². The number of hydrogen-bond donors (Lipinski definition) is 1. The van der Waals surface area contributed by atoms with Gasteiger partial charge in [0, 0.05) is 43.4 Å². The molecule has 0 aromatic heterocycles. The highest BCUT2D eigenvalue weighted by Crippen LogP contribution is 2.66. The molecule has 4 rings (SSSR count). The van der Waals surface area contributed by atoms with Gasteiger partial charge >= 0.3 is 5.97 Å². The highest BCUT2D eigenvalue weighted by atomic mass is 32.2. The van der Waals surface area contributed by atoms with Gasteiger partial charge in [0.05, 0.1) is 12.4 Å². The van der Waals surface area contributed by atoms with Crippen LogP contribution in [0, 0.1) is 46.3 Å². The lowest BCUT2D eigenvalue weighted by atomic mass is 9.44. The molecule has 4 saturated carbocycles. The van der Waals surface area contributed by atoms with E-state index in [1.807, 2.05) is 6.92 Å². The van der Waals surface area contributed by atoms with Crippen molar-refractivity contribution in [3.05, 3.63) is 0 Å². The predicted molar refractivity (Wildman–Crippen MR) is 131 cm³/mol. The summed E-state index contributed by atoms with van der Waals surface area (Å²) in [5.74, 6) is 0.0250. The van der Waals surface area contributed by atoms with Crippen LogP contribution in [0.25, 0.3) is 0 Å². The molecule has 0 aromatic rings. The summed E-state index contributed by atoms with van der Waals surface area (Å²) < 4.78 is 35.4. The zero-order valence-corrected chi connectivity index (χ0v) is 22.5. The Labute approximate surface area is 214 Å². The van der Waals surface area contributed by atoms with E-state index in [-0.39, 0.29) is 77.7 Å². The first-order valence-corrected chi connectivity index (χ1v) is 15.1. The van der Waals surface area contributed by atoms with Crippen molar-refractivity contribution < 1.29 is 36.9 Å². The number of esters is 1. The Balaban J connectivity index is 1.41. The minimum atomic E-state index is -4.07. The van der Waals surface area contributed by atoms with Gasteiger partial charge in [-0.3, -0.25) is 23.7 Å². The molecular formula is C27H40O8S. The van der Waals surface area contributed by atoms with E-state index in [1.54, 1.807) is 0 Å². The van der Waals surface area contributed by atoms with E-state index < -0.39 is 27.3 Å². The number of carbonyl (C=O) groups is 4. The van der Waals surface area contributed by atoms with E-state index >= 15 is 0 Å². The van der Waals surface area contributed by atoms with E-state index in [0.29, 0.717) is 32.1 Å². The first-order chi connectivity index (χ1) is 16.8. The van der Waals surface area contributed by atoms with Crippen LogP contribution in [0.2, 0.25) is 0 Å². The third-order valence-electron chi connectivity index (χ3n) is 10.5. The van der Waals surface area contributed by atoms with Crippen LogP contribution in [0.1, 0.15) is 85.0 Å². The Morgan fingerprint density at radius 1 is 1.11 bits per heavy atom. The van der Waals surface area contributed by atoms with Gasteiger partial charge in [0.1, 0.15) is 17.3 Å². The Kier molecular flexibility index (Phi) is 7.57. The van der Waals surface area contributed by atoms with Gasteiger partial charge in [-0.25, -0.2) is 0 Å². The summed E-state index contributed by atoms with van der Waals surface area (Å²) in [5.41, 5.74) is -0.713. The molecule has 4 aliphatic carbocycles. The van der Waals surface area contributed by atoms with Gasteiger partial charge in [-0.1, -0.05) is 20.8 Å². The highest BCUT2D eigenvalue weighted by molar-refractivity contribution is 7.85. The first-order valence-electron chi connectivity index (χ1n) is 13.5. The number of fused-ring (bicyclic) bond motifs is 5. The number of hydrogen-bond acceptors (Lipinski definition) is 7. The fraction of sp³-hybridized carbons (Fsp3) is 0.852. The van der Waals surface area contributed by atoms with Crippen LogP contribution in [0.5, 0.6) is 0 Å². The van der Waals surface area contributed by atoms with Crippen LogP contribution in [0.4, 0.5) is 0 Å². The van der Waals surface area contributed by atoms with Crippen molar-refractivity contribution >= 4 is 33.4 Å². The molecule has 202 valence electrons. The van der Waals surface area contributed by atoms with Gasteiger partial charge in [0.25, 0.3) is 10.1 Å². The van der Waals surface area contributed by atoms with Crippen molar-refractivity contribution in [3.8, 4) is 0 Å². The standard InChI is InChI=1S/C27H40O8S/c1-16(5-8-24(31)35-11-4-12-36(32,33)34)19-6-7-20-25-21(15-23(30)27(19,20)3)26(2)10-9-18(28)13-17(26)14-22(25)29/h16-17,19-21,25H,4-15H2,1-3H3,(H,32,33,34)/t16-,17?,19-,20+,21+,25+,26?,27-/m1/s1. The second kappa shape index (κ2) is 9.93. The molecule has 0 aromatic carbocycles. The normalized spacial score (nSPS) is 39.2. The van der Waals surface area contributed by atoms with Crippen molar-refractivity contribution in [2.75, 3.05) is 12.4 Å². The molecule has 0 saturated heterocycles. The lowest BCUT2D eigenvalue weighted by molar-refractivity contribution is -0.166. The average Bonchev–Trinajstić information content (AvgIpc) is 3.15. The van der Waals surface area contributed by atoms with Gasteiger partial charge in [0.2, 0.25) is 0 Å². The maximum atomic E-state index is 13.8. The second-order valence-electron chi connectivity index (χ2n) is 12.3. The molecule has 0 heterocycles. The summed E-state index contributed by atoms with van der Waals surface area (Å²) in [4.78, 5) is 51.6. The van der Waals surface area contributed by atoms with Crippen molar-refractivity contribution in [1.29, 1.82) is 0 Å². The van der Waals surface area contributed by atoms with Crippen LogP contribution in [-0.4, -0.2) is 48.6 Å². The maximum absolute atomic E-state index is 13.8.